The van der Waals surface area contributed by atoms with Crippen LogP contribution < -0.4 is 9.64 Å². The summed E-state index contributed by atoms with van der Waals surface area (Å²) in [6.07, 6.45) is 1.18. The highest BCUT2D eigenvalue weighted by atomic mass is 32.1. The van der Waals surface area contributed by atoms with Gasteiger partial charge in [-0.2, -0.15) is 0 Å². The number of ether oxygens (including phenoxy) is 1. The number of hydrogen-bond donors (Lipinski definition) is 0. The number of amides is 1. The van der Waals surface area contributed by atoms with E-state index in [1.54, 1.807) is 23.3 Å². The van der Waals surface area contributed by atoms with Gasteiger partial charge in [-0.15, -0.1) is 0 Å². The first-order chi connectivity index (χ1) is 11.7. The lowest BCUT2D eigenvalue weighted by Gasteiger charge is -2.17. The van der Waals surface area contributed by atoms with Crippen LogP contribution in [0.3, 0.4) is 0 Å². The molecule has 1 heterocycles. The molecule has 5 heteroatoms. The Labute approximate surface area is 145 Å². The molecule has 3 aromatic rings. The molecule has 0 spiro atoms. The lowest BCUT2D eigenvalue weighted by atomic mass is 10.1. The highest BCUT2D eigenvalue weighted by Gasteiger charge is 2.17. The van der Waals surface area contributed by atoms with E-state index in [0.29, 0.717) is 19.4 Å². The summed E-state index contributed by atoms with van der Waals surface area (Å²) in [4.78, 5) is 19.0. The summed E-state index contributed by atoms with van der Waals surface area (Å²) < 4.78 is 6.26. The van der Waals surface area contributed by atoms with E-state index in [0.717, 1.165) is 26.7 Å². The number of carbonyl (C=O) groups is 1. The van der Waals surface area contributed by atoms with Crippen molar-refractivity contribution in [1.29, 1.82) is 0 Å². The van der Waals surface area contributed by atoms with Crippen molar-refractivity contribution in [2.24, 2.45) is 0 Å². The van der Waals surface area contributed by atoms with E-state index in [4.69, 9.17) is 4.74 Å². The van der Waals surface area contributed by atoms with Crippen LogP contribution in [0.5, 0.6) is 5.75 Å². The zero-order valence-electron chi connectivity index (χ0n) is 13.9. The second-order valence-corrected chi connectivity index (χ2v) is 6.46. The molecule has 0 aliphatic rings. The van der Waals surface area contributed by atoms with Crippen molar-refractivity contribution in [1.82, 2.24) is 4.98 Å². The van der Waals surface area contributed by atoms with Crippen molar-refractivity contribution >= 4 is 32.6 Å². The van der Waals surface area contributed by atoms with E-state index < -0.39 is 0 Å². The van der Waals surface area contributed by atoms with E-state index in [2.05, 4.69) is 4.98 Å². The molecule has 0 N–H and O–H groups in total. The number of aryl methyl sites for hydroxylation is 1. The molecule has 0 saturated carbocycles. The molecule has 1 aromatic heterocycles. The summed E-state index contributed by atoms with van der Waals surface area (Å²) in [5.74, 6) is 0.933. The fourth-order valence-electron chi connectivity index (χ4n) is 2.57. The Morgan fingerprint density at radius 2 is 1.92 bits per heavy atom. The standard InChI is InChI=1S/C19H20N2O2S/c1-3-21(19-20-16-6-4-5-7-17(16)24-19)18(22)13-10-14-8-11-15(23-2)12-9-14/h4-9,11-12H,3,10,13H2,1-2H3. The molecule has 0 bridgehead atoms. The third-order valence-corrected chi connectivity index (χ3v) is 4.98. The van der Waals surface area contributed by atoms with Gasteiger partial charge in [0.05, 0.1) is 17.3 Å². The fraction of sp³-hybridized carbons (Fsp3) is 0.263. The fourth-order valence-corrected chi connectivity index (χ4v) is 3.62. The maximum absolute atomic E-state index is 12.6. The highest BCUT2D eigenvalue weighted by molar-refractivity contribution is 7.22. The normalized spacial score (nSPS) is 10.8. The number of fused-ring (bicyclic) bond motifs is 1. The highest BCUT2D eigenvalue weighted by Crippen LogP contribution is 2.29. The summed E-state index contributed by atoms with van der Waals surface area (Å²) in [5.41, 5.74) is 2.07. The van der Waals surface area contributed by atoms with E-state index >= 15 is 0 Å². The van der Waals surface area contributed by atoms with Crippen molar-refractivity contribution in [2.75, 3.05) is 18.6 Å². The molecule has 24 heavy (non-hydrogen) atoms. The predicted molar refractivity (Wildman–Crippen MR) is 99.0 cm³/mol. The molecule has 0 radical (unpaired) electrons. The van der Waals surface area contributed by atoms with Crippen LogP contribution in [-0.4, -0.2) is 24.5 Å². The van der Waals surface area contributed by atoms with Crippen LogP contribution in [0, 0.1) is 0 Å². The number of para-hydroxylation sites is 1. The maximum atomic E-state index is 12.6. The van der Waals surface area contributed by atoms with Crippen LogP contribution in [0.15, 0.2) is 48.5 Å². The van der Waals surface area contributed by atoms with Gasteiger partial charge in [0.15, 0.2) is 5.13 Å². The number of aromatic nitrogens is 1. The lowest BCUT2D eigenvalue weighted by Crippen LogP contribution is -2.30. The summed E-state index contributed by atoms with van der Waals surface area (Å²) in [7, 11) is 1.65. The van der Waals surface area contributed by atoms with E-state index in [1.165, 1.54) is 0 Å². The van der Waals surface area contributed by atoms with Crippen LogP contribution in [0.2, 0.25) is 0 Å². The molecular formula is C19H20N2O2S. The van der Waals surface area contributed by atoms with Crippen molar-refractivity contribution in [3.8, 4) is 5.75 Å². The average Bonchev–Trinajstić information content (AvgIpc) is 3.04. The maximum Gasteiger partial charge on any atom is 0.229 e. The van der Waals surface area contributed by atoms with Crippen molar-refractivity contribution in [3.63, 3.8) is 0 Å². The molecule has 124 valence electrons. The minimum atomic E-state index is 0.104. The van der Waals surface area contributed by atoms with E-state index in [9.17, 15) is 4.79 Å². The van der Waals surface area contributed by atoms with Crippen molar-refractivity contribution in [2.45, 2.75) is 19.8 Å². The Hall–Kier alpha value is -2.40. The number of hydrogen-bond acceptors (Lipinski definition) is 4. The van der Waals surface area contributed by atoms with E-state index in [1.807, 2.05) is 55.5 Å². The van der Waals surface area contributed by atoms with Crippen LogP contribution >= 0.6 is 11.3 Å². The van der Waals surface area contributed by atoms with Crippen LogP contribution in [0.25, 0.3) is 10.2 Å². The van der Waals surface area contributed by atoms with Gasteiger partial charge in [-0.25, -0.2) is 4.98 Å². The molecule has 0 saturated heterocycles. The summed E-state index contributed by atoms with van der Waals surface area (Å²) in [6.45, 7) is 2.61. The number of anilines is 1. The Balaban J connectivity index is 1.69. The molecule has 4 nitrogen and oxygen atoms in total. The Bertz CT molecular complexity index is 794. The molecule has 0 fully saturated rings. The van der Waals surface area contributed by atoms with Crippen LogP contribution in [-0.2, 0) is 11.2 Å². The zero-order chi connectivity index (χ0) is 16.9. The van der Waals surface area contributed by atoms with Crippen molar-refractivity contribution < 1.29 is 9.53 Å². The minimum Gasteiger partial charge on any atom is -0.497 e. The molecule has 1 amide bonds. The second kappa shape index (κ2) is 7.45. The molecule has 3 rings (SSSR count). The Morgan fingerprint density at radius 3 is 2.58 bits per heavy atom. The topological polar surface area (TPSA) is 42.4 Å². The minimum absolute atomic E-state index is 0.104. The molecule has 0 aliphatic heterocycles. The SMILES string of the molecule is CCN(C(=O)CCc1ccc(OC)cc1)c1nc2ccccc2s1. The van der Waals surface area contributed by atoms with Crippen LogP contribution in [0.1, 0.15) is 18.9 Å². The summed E-state index contributed by atoms with van der Waals surface area (Å²) in [5, 5.41) is 0.776. The number of methoxy groups -OCH3 is 1. The first-order valence-electron chi connectivity index (χ1n) is 8.00. The number of thiazole rings is 1. The molecule has 0 atom stereocenters. The van der Waals surface area contributed by atoms with Gasteiger partial charge in [-0.1, -0.05) is 35.6 Å². The largest absolute Gasteiger partial charge is 0.497 e. The monoisotopic (exact) mass is 340 g/mol. The van der Waals surface area contributed by atoms with Gasteiger partial charge in [0.2, 0.25) is 5.91 Å². The summed E-state index contributed by atoms with van der Waals surface area (Å²) >= 11 is 1.56. The first-order valence-corrected chi connectivity index (χ1v) is 8.81. The van der Waals surface area contributed by atoms with Gasteiger partial charge in [0.1, 0.15) is 5.75 Å². The number of rotatable bonds is 6. The van der Waals surface area contributed by atoms with Gasteiger partial charge < -0.3 is 4.74 Å². The number of nitrogens with zero attached hydrogens (tertiary/aromatic N) is 2. The first kappa shape index (κ1) is 16.5. The lowest BCUT2D eigenvalue weighted by molar-refractivity contribution is -0.118. The predicted octanol–water partition coefficient (Wildman–Crippen LogP) is 4.29. The summed E-state index contributed by atoms with van der Waals surface area (Å²) in [6, 6.07) is 15.8. The Kier molecular flexibility index (Phi) is 5.11. The third kappa shape index (κ3) is 3.57. The average molecular weight is 340 g/mol. The Morgan fingerprint density at radius 1 is 1.17 bits per heavy atom. The third-order valence-electron chi connectivity index (χ3n) is 3.92. The smallest absolute Gasteiger partial charge is 0.229 e. The molecular weight excluding hydrogens is 320 g/mol. The number of carbonyl (C=O) groups excluding carboxylic acids is 1. The van der Waals surface area contributed by atoms with Crippen molar-refractivity contribution in [3.05, 3.63) is 54.1 Å². The van der Waals surface area contributed by atoms with Gasteiger partial charge in [0.25, 0.3) is 0 Å². The zero-order valence-corrected chi connectivity index (χ0v) is 14.7. The van der Waals surface area contributed by atoms with Crippen LogP contribution in [0.4, 0.5) is 5.13 Å². The van der Waals surface area contributed by atoms with E-state index in [-0.39, 0.29) is 5.91 Å². The number of benzene rings is 2. The molecule has 0 aliphatic carbocycles. The second-order valence-electron chi connectivity index (χ2n) is 5.45. The molecule has 0 unspecified atom stereocenters. The molecule has 2 aromatic carbocycles. The van der Waals surface area contributed by atoms with Gasteiger partial charge in [-0.3, -0.25) is 9.69 Å². The van der Waals surface area contributed by atoms with Gasteiger partial charge in [-0.05, 0) is 43.2 Å². The van der Waals surface area contributed by atoms with Gasteiger partial charge in [0, 0.05) is 13.0 Å². The van der Waals surface area contributed by atoms with Gasteiger partial charge >= 0.3 is 0 Å². The quantitative estimate of drug-likeness (QED) is 0.672.